The highest BCUT2D eigenvalue weighted by atomic mass is 16.1. The van der Waals surface area contributed by atoms with Crippen molar-refractivity contribution >= 4 is 34.4 Å². The maximum atomic E-state index is 11.2. The van der Waals surface area contributed by atoms with Gasteiger partial charge in [0.15, 0.2) is 23.0 Å². The number of anilines is 1. The Morgan fingerprint density at radius 1 is 1.15 bits per heavy atom. The van der Waals surface area contributed by atoms with Crippen LogP contribution >= 0.6 is 0 Å². The highest BCUT2D eigenvalue weighted by molar-refractivity contribution is 5.88. The van der Waals surface area contributed by atoms with Gasteiger partial charge in [0, 0.05) is 30.6 Å². The Labute approximate surface area is 192 Å². The van der Waals surface area contributed by atoms with Crippen molar-refractivity contribution < 1.29 is 4.79 Å². The van der Waals surface area contributed by atoms with Crippen molar-refractivity contribution in [3.05, 3.63) is 66.0 Å². The smallest absolute Gasteiger partial charge is 0.252 e. The lowest BCUT2D eigenvalue weighted by molar-refractivity contribution is -0.114. The molecular weight excluding hydrogens is 436 g/mol. The number of amides is 1. The topological polar surface area (TPSA) is 148 Å². The van der Waals surface area contributed by atoms with Gasteiger partial charge in [-0.1, -0.05) is 0 Å². The predicted molar refractivity (Wildman–Crippen MR) is 121 cm³/mol. The van der Waals surface area contributed by atoms with Crippen LogP contribution in [0.4, 0.5) is 22.9 Å². The second-order valence-electron chi connectivity index (χ2n) is 7.13. The molecule has 13 heteroatoms. The molecule has 0 radical (unpaired) electrons. The highest BCUT2D eigenvalue weighted by Gasteiger charge is 2.17. The van der Waals surface area contributed by atoms with Crippen molar-refractivity contribution in [1.82, 2.24) is 39.6 Å². The Bertz CT molecular complexity index is 1570. The van der Waals surface area contributed by atoms with Crippen LogP contribution in [0.2, 0.25) is 0 Å². The summed E-state index contributed by atoms with van der Waals surface area (Å²) in [4.78, 5) is 26.2. The molecular formula is C21H16N12O. The number of H-pyrrole nitrogens is 1. The molecule has 0 unspecified atom stereocenters. The zero-order valence-electron chi connectivity index (χ0n) is 18.0. The van der Waals surface area contributed by atoms with Gasteiger partial charge in [0.2, 0.25) is 5.91 Å². The molecule has 4 heterocycles. The first-order chi connectivity index (χ1) is 16.5. The van der Waals surface area contributed by atoms with Crippen LogP contribution in [0, 0.1) is 13.5 Å². The Morgan fingerprint density at radius 3 is 2.62 bits per heavy atom. The van der Waals surface area contributed by atoms with Gasteiger partial charge in [-0.05, 0) is 37.3 Å². The third-order valence-electron chi connectivity index (χ3n) is 4.75. The normalized spacial score (nSPS) is 11.2. The zero-order chi connectivity index (χ0) is 23.7. The van der Waals surface area contributed by atoms with Crippen molar-refractivity contribution in [2.75, 3.05) is 5.32 Å². The molecule has 1 amide bonds. The van der Waals surface area contributed by atoms with Crippen molar-refractivity contribution in [1.29, 1.82) is 0 Å². The van der Waals surface area contributed by atoms with Crippen LogP contribution in [0.1, 0.15) is 12.6 Å². The van der Waals surface area contributed by atoms with Gasteiger partial charge in [-0.15, -0.1) is 20.0 Å². The summed E-state index contributed by atoms with van der Waals surface area (Å²) in [6.07, 6.45) is 4.53. The Balaban J connectivity index is 1.51. The molecule has 13 nitrogen and oxygen atoms in total. The first kappa shape index (κ1) is 20.6. The van der Waals surface area contributed by atoms with E-state index in [1.165, 1.54) is 22.4 Å². The molecule has 0 bridgehead atoms. The number of aromatic nitrogens is 8. The van der Waals surface area contributed by atoms with Gasteiger partial charge in [-0.3, -0.25) is 4.79 Å². The molecule has 5 rings (SSSR count). The standard InChI is InChI=1S/C21H16N12O/c1-12-17(28-29-19-16(22-3)11-25-32(19)21-23-9-4-10-24-21)20-27-18(31-33(20)30-12)14-5-7-15(8-6-14)26-13(2)34/h4-11H,1-2H3,(H,26,34)(H,27,31)/b29-28+. The van der Waals surface area contributed by atoms with Gasteiger partial charge in [-0.2, -0.15) is 14.9 Å². The van der Waals surface area contributed by atoms with Crippen LogP contribution in [-0.2, 0) is 4.79 Å². The fraction of sp³-hybridized carbons (Fsp3) is 0.0952. The van der Waals surface area contributed by atoms with E-state index in [-0.39, 0.29) is 23.4 Å². The fourth-order valence-corrected chi connectivity index (χ4v) is 3.23. The average molecular weight is 452 g/mol. The molecule has 5 aromatic rings. The third kappa shape index (κ3) is 3.75. The molecule has 0 atom stereocenters. The van der Waals surface area contributed by atoms with E-state index in [0.717, 1.165) is 5.56 Å². The summed E-state index contributed by atoms with van der Waals surface area (Å²) < 4.78 is 2.79. The highest BCUT2D eigenvalue weighted by Crippen LogP contribution is 2.33. The Hall–Kier alpha value is -5.25. The molecule has 34 heavy (non-hydrogen) atoms. The molecule has 0 saturated carbocycles. The Kier molecular flexibility index (Phi) is 5.07. The van der Waals surface area contributed by atoms with Gasteiger partial charge < -0.3 is 10.3 Å². The third-order valence-corrected chi connectivity index (χ3v) is 4.75. The number of aryl methyl sites for hydroxylation is 1. The Morgan fingerprint density at radius 2 is 1.91 bits per heavy atom. The number of carbonyl (C=O) groups excluding carboxylic acids is 1. The molecule has 4 aromatic heterocycles. The number of nitrogens with one attached hydrogen (secondary N) is 2. The van der Waals surface area contributed by atoms with Crippen molar-refractivity contribution in [3.63, 3.8) is 0 Å². The largest absolute Gasteiger partial charge is 0.326 e. The van der Waals surface area contributed by atoms with E-state index in [1.807, 2.05) is 12.1 Å². The summed E-state index contributed by atoms with van der Waals surface area (Å²) in [6.45, 7) is 10.6. The van der Waals surface area contributed by atoms with Gasteiger partial charge >= 0.3 is 0 Å². The van der Waals surface area contributed by atoms with E-state index < -0.39 is 0 Å². The summed E-state index contributed by atoms with van der Waals surface area (Å²) in [6, 6.07) is 8.91. The second kappa shape index (κ2) is 8.36. The van der Waals surface area contributed by atoms with E-state index >= 15 is 0 Å². The van der Waals surface area contributed by atoms with E-state index in [0.29, 0.717) is 28.5 Å². The minimum atomic E-state index is -0.142. The summed E-state index contributed by atoms with van der Waals surface area (Å²) in [5.74, 6) is 0.900. The monoisotopic (exact) mass is 452 g/mol. The molecule has 0 aliphatic rings. The summed E-state index contributed by atoms with van der Waals surface area (Å²) in [7, 11) is 0. The number of benzene rings is 1. The van der Waals surface area contributed by atoms with E-state index in [2.05, 4.69) is 50.6 Å². The zero-order valence-corrected chi connectivity index (χ0v) is 18.0. The van der Waals surface area contributed by atoms with E-state index in [1.54, 1.807) is 37.5 Å². The maximum absolute atomic E-state index is 11.2. The van der Waals surface area contributed by atoms with Crippen LogP contribution < -0.4 is 5.32 Å². The van der Waals surface area contributed by atoms with Gasteiger partial charge in [-0.25, -0.2) is 14.8 Å². The van der Waals surface area contributed by atoms with Gasteiger partial charge in [0.05, 0.1) is 18.5 Å². The van der Waals surface area contributed by atoms with Crippen LogP contribution in [0.15, 0.2) is 59.2 Å². The number of hydrogen-bond donors (Lipinski definition) is 2. The quantitative estimate of drug-likeness (QED) is 0.305. The molecule has 2 N–H and O–H groups in total. The molecule has 1 aromatic carbocycles. The molecule has 0 aliphatic heterocycles. The lowest BCUT2D eigenvalue weighted by Crippen LogP contribution is -2.05. The van der Waals surface area contributed by atoms with E-state index in [4.69, 9.17) is 6.57 Å². The van der Waals surface area contributed by atoms with Crippen LogP contribution in [0.25, 0.3) is 27.8 Å². The molecule has 0 spiro atoms. The van der Waals surface area contributed by atoms with Crippen LogP contribution in [0.5, 0.6) is 0 Å². The number of hydrogen-bond acceptors (Lipinski definition) is 8. The average Bonchev–Trinajstić information content (AvgIpc) is 3.51. The predicted octanol–water partition coefficient (Wildman–Crippen LogP) is 3.93. The van der Waals surface area contributed by atoms with Gasteiger partial charge in [0.25, 0.3) is 11.6 Å². The van der Waals surface area contributed by atoms with Crippen LogP contribution in [0.3, 0.4) is 0 Å². The fourth-order valence-electron chi connectivity index (χ4n) is 3.23. The number of rotatable bonds is 5. The summed E-state index contributed by atoms with van der Waals surface area (Å²) in [5, 5.41) is 24.4. The molecule has 166 valence electrons. The van der Waals surface area contributed by atoms with Gasteiger partial charge in [0.1, 0.15) is 0 Å². The number of carbonyl (C=O) groups is 1. The molecule has 0 aliphatic carbocycles. The minimum absolute atomic E-state index is 0.142. The number of aromatic amines is 1. The minimum Gasteiger partial charge on any atom is -0.326 e. The SMILES string of the molecule is [C-]#[N+]c1cnn(-c2ncccn2)c1/N=N/c1c(C)nn2nc(-c3ccc(NC(C)=O)cc3)[nH]c12. The van der Waals surface area contributed by atoms with E-state index in [9.17, 15) is 4.79 Å². The first-order valence-electron chi connectivity index (χ1n) is 10.0. The lowest BCUT2D eigenvalue weighted by Gasteiger charge is -2.02. The molecule has 0 saturated heterocycles. The lowest BCUT2D eigenvalue weighted by atomic mass is 10.2. The summed E-state index contributed by atoms with van der Waals surface area (Å²) in [5.41, 5.74) is 3.30. The van der Waals surface area contributed by atoms with Crippen molar-refractivity contribution in [2.45, 2.75) is 13.8 Å². The maximum Gasteiger partial charge on any atom is 0.252 e. The summed E-state index contributed by atoms with van der Waals surface area (Å²) >= 11 is 0. The number of azo groups is 1. The van der Waals surface area contributed by atoms with Crippen molar-refractivity contribution in [3.8, 4) is 17.3 Å². The van der Waals surface area contributed by atoms with Crippen molar-refractivity contribution in [2.24, 2.45) is 10.2 Å². The van der Waals surface area contributed by atoms with Crippen LogP contribution in [-0.4, -0.2) is 45.5 Å². The first-order valence-corrected chi connectivity index (χ1v) is 10.0. The second-order valence-corrected chi connectivity index (χ2v) is 7.13. The number of nitrogens with zero attached hydrogens (tertiary/aromatic N) is 10. The number of fused-ring (bicyclic) bond motifs is 1. The molecule has 0 fully saturated rings.